The van der Waals surface area contributed by atoms with E-state index in [2.05, 4.69) is 36.9 Å². The molecule has 1 spiro atoms. The van der Waals surface area contributed by atoms with E-state index in [1.807, 2.05) is 55.2 Å². The molecule has 7 unspecified atom stereocenters. The fraction of sp³-hybridized carbons (Fsp3) is 0.581. The van der Waals surface area contributed by atoms with Crippen molar-refractivity contribution in [3.63, 3.8) is 0 Å². The molecule has 2 saturated heterocycles. The van der Waals surface area contributed by atoms with Gasteiger partial charge in [0.2, 0.25) is 0 Å². The monoisotopic (exact) mass is 779 g/mol. The van der Waals surface area contributed by atoms with Gasteiger partial charge in [-0.2, -0.15) is 0 Å². The summed E-state index contributed by atoms with van der Waals surface area (Å²) in [5.41, 5.74) is 7.34. The van der Waals surface area contributed by atoms with Gasteiger partial charge in [-0.25, -0.2) is 0 Å². The number of benzene rings is 2. The Bertz CT molecular complexity index is 2250. The molecule has 3 aromatic rings. The highest BCUT2D eigenvalue weighted by Gasteiger charge is 2.78. The summed E-state index contributed by atoms with van der Waals surface area (Å²) in [5, 5.41) is 41.7. The Balaban J connectivity index is 1.37. The number of amides is 1. The Kier molecular flexibility index (Phi) is 8.72. The molecular formula is C43H53N7O7. The van der Waals surface area contributed by atoms with Crippen LogP contribution >= 0.6 is 0 Å². The molecule has 0 radical (unpaired) electrons. The zero-order chi connectivity index (χ0) is 40.3. The third-order valence-corrected chi connectivity index (χ3v) is 15.3. The number of hydrogen-bond acceptors (Lipinski definition) is 10. The summed E-state index contributed by atoms with van der Waals surface area (Å²) in [6.45, 7) is 7.16. The number of fused-ring (bicyclic) bond motifs is 6. The second-order valence-corrected chi connectivity index (χ2v) is 17.6. The van der Waals surface area contributed by atoms with Gasteiger partial charge in [0.15, 0.2) is 5.60 Å². The fourth-order valence-corrected chi connectivity index (χ4v) is 13.1. The van der Waals surface area contributed by atoms with Gasteiger partial charge in [0.25, 0.3) is 5.91 Å². The SMILES string of the molecule is CCC1(O)CC2CN(CCc3c([nH]c4ccccc34)C(C(=O)OC)(c3cc4c(cc3OC)N(C)C3C45CCN4CC=C[C@](CC)(C45)[C@@H](O)[C@]3(O)C(=O)N=[N+]=[N-])C2)C1. The maximum atomic E-state index is 15.2. The molecule has 9 rings (SSSR count). The summed E-state index contributed by atoms with van der Waals surface area (Å²) < 4.78 is 12.2. The van der Waals surface area contributed by atoms with Crippen LogP contribution in [-0.2, 0) is 31.6 Å². The maximum absolute atomic E-state index is 15.2. The fourth-order valence-electron chi connectivity index (χ4n) is 13.1. The Morgan fingerprint density at radius 3 is 2.58 bits per heavy atom. The van der Waals surface area contributed by atoms with Crippen LogP contribution in [0.5, 0.6) is 5.75 Å². The number of nitrogens with one attached hydrogen (secondary N) is 1. The number of methoxy groups -OCH3 is 2. The highest BCUT2D eigenvalue weighted by molar-refractivity contribution is 5.95. The molecule has 1 saturated carbocycles. The minimum atomic E-state index is -2.49. The van der Waals surface area contributed by atoms with Gasteiger partial charge in [0, 0.05) is 88.9 Å². The number of H-pyrrole nitrogens is 1. The molecule has 3 fully saturated rings. The number of esters is 1. The van der Waals surface area contributed by atoms with E-state index in [4.69, 9.17) is 9.47 Å². The number of rotatable bonds is 6. The van der Waals surface area contributed by atoms with Gasteiger partial charge in [-0.15, -0.1) is 0 Å². The molecule has 5 aliphatic heterocycles. The number of likely N-dealkylation sites (N-methyl/N-ethyl adjacent to an activating group) is 1. The third-order valence-electron chi connectivity index (χ3n) is 15.3. The second-order valence-electron chi connectivity index (χ2n) is 17.6. The van der Waals surface area contributed by atoms with Crippen LogP contribution in [0.3, 0.4) is 0 Å². The molecular weight excluding hydrogens is 727 g/mol. The largest absolute Gasteiger partial charge is 0.496 e. The Morgan fingerprint density at radius 2 is 1.86 bits per heavy atom. The number of para-hydroxylation sites is 1. The summed E-state index contributed by atoms with van der Waals surface area (Å²) in [5.74, 6) is -1.28. The van der Waals surface area contributed by atoms with Gasteiger partial charge in [-0.1, -0.05) is 44.2 Å². The number of aliphatic hydroxyl groups excluding tert-OH is 1. The van der Waals surface area contributed by atoms with E-state index < -0.39 is 51.5 Å². The van der Waals surface area contributed by atoms with Gasteiger partial charge >= 0.3 is 5.97 Å². The van der Waals surface area contributed by atoms with Crippen LogP contribution in [0.15, 0.2) is 53.7 Å². The number of anilines is 1. The average Bonchev–Trinajstić information content (AvgIpc) is 3.88. The molecule has 10 atom stereocenters. The number of hydrogen-bond donors (Lipinski definition) is 4. The molecule has 14 nitrogen and oxygen atoms in total. The Morgan fingerprint density at radius 1 is 1.07 bits per heavy atom. The maximum Gasteiger partial charge on any atom is 0.322 e. The number of carbonyl (C=O) groups excluding carboxylic acids is 2. The lowest BCUT2D eigenvalue weighted by molar-refractivity contribution is -0.201. The summed E-state index contributed by atoms with van der Waals surface area (Å²) in [6.07, 6.45) is 5.30. The summed E-state index contributed by atoms with van der Waals surface area (Å²) in [6, 6.07) is 10.6. The van der Waals surface area contributed by atoms with Crippen LogP contribution in [0.25, 0.3) is 21.3 Å². The van der Waals surface area contributed by atoms with Crippen molar-refractivity contribution in [2.75, 3.05) is 58.9 Å². The Hall–Kier alpha value is -4.43. The second kappa shape index (κ2) is 13.0. The van der Waals surface area contributed by atoms with Crippen LogP contribution in [0.2, 0.25) is 0 Å². The van der Waals surface area contributed by atoms with Crippen molar-refractivity contribution in [2.45, 2.75) is 92.6 Å². The number of ether oxygens (including phenoxy) is 2. The lowest BCUT2D eigenvalue weighted by Crippen LogP contribution is -2.80. The normalized spacial score (nSPS) is 37.8. The highest BCUT2D eigenvalue weighted by atomic mass is 16.5. The lowest BCUT2D eigenvalue weighted by Gasteiger charge is -2.63. The molecule has 57 heavy (non-hydrogen) atoms. The number of piperidine rings is 1. The first-order valence-corrected chi connectivity index (χ1v) is 20.3. The number of nitrogens with zero attached hydrogens (tertiary/aromatic N) is 6. The van der Waals surface area contributed by atoms with Gasteiger partial charge in [0.05, 0.1) is 25.9 Å². The minimum Gasteiger partial charge on any atom is -0.496 e. The molecule has 2 bridgehead atoms. The van der Waals surface area contributed by atoms with Crippen LogP contribution in [-0.4, -0.2) is 125 Å². The van der Waals surface area contributed by atoms with E-state index in [-0.39, 0.29) is 12.0 Å². The average molecular weight is 780 g/mol. The van der Waals surface area contributed by atoms with E-state index in [1.165, 1.54) is 7.11 Å². The molecule has 1 aliphatic carbocycles. The minimum absolute atomic E-state index is 0.110. The van der Waals surface area contributed by atoms with Crippen molar-refractivity contribution in [1.29, 1.82) is 0 Å². The van der Waals surface area contributed by atoms with E-state index in [9.17, 15) is 25.6 Å². The first-order chi connectivity index (χ1) is 27.3. The molecule has 1 aromatic heterocycles. The van der Waals surface area contributed by atoms with Crippen molar-refractivity contribution in [3.05, 3.63) is 81.4 Å². The first-order valence-electron chi connectivity index (χ1n) is 20.3. The number of carbonyl (C=O) groups is 2. The summed E-state index contributed by atoms with van der Waals surface area (Å²) >= 11 is 0. The van der Waals surface area contributed by atoms with E-state index in [1.54, 1.807) is 14.2 Å². The topological polar surface area (TPSA) is 188 Å². The van der Waals surface area contributed by atoms with E-state index in [0.29, 0.717) is 88.2 Å². The zero-order valence-corrected chi connectivity index (χ0v) is 33.4. The van der Waals surface area contributed by atoms with Gasteiger partial charge in [-0.3, -0.25) is 19.4 Å². The van der Waals surface area contributed by atoms with Crippen LogP contribution in [0, 0.1) is 11.3 Å². The van der Waals surface area contributed by atoms with Crippen molar-refractivity contribution in [3.8, 4) is 5.75 Å². The number of azide groups is 1. The van der Waals surface area contributed by atoms with E-state index >= 15 is 4.79 Å². The predicted octanol–water partition coefficient (Wildman–Crippen LogP) is 4.08. The molecule has 1 amide bonds. The molecule has 6 aliphatic rings. The number of aromatic amines is 1. The zero-order valence-electron chi connectivity index (χ0n) is 33.4. The standard InChI is InChI=1S/C43H53N7O7/c1-6-39(54)21-25-22-42(38(53)57-5,33-27(13-17-49(23-25)24-39)26-11-8-9-12-30(26)45-33)29-19-28-31(20-32(29)56-4)48(3)35-41(28)15-18-50-16-10-14-40(7-2,34(41)50)36(51)43(35,55)37(52)46-47-44/h8-12,14,19-20,25,34-36,45,51,54-55H,6-7,13,15-18,21-24H2,1-5H3/t25?,34?,35?,36-,39?,40-,41?,42?,43+/m1/s1. The molecule has 2 aromatic carbocycles. The van der Waals surface area contributed by atoms with Crippen molar-refractivity contribution in [2.24, 2.45) is 16.4 Å². The summed E-state index contributed by atoms with van der Waals surface area (Å²) in [4.78, 5) is 42.4. The van der Waals surface area contributed by atoms with Crippen LogP contribution < -0.4 is 9.64 Å². The number of aromatic nitrogens is 1. The third kappa shape index (κ3) is 4.79. The van der Waals surface area contributed by atoms with Crippen molar-refractivity contribution in [1.82, 2.24) is 14.8 Å². The van der Waals surface area contributed by atoms with Gasteiger partial charge in [0.1, 0.15) is 17.3 Å². The first kappa shape index (κ1) is 38.1. The van der Waals surface area contributed by atoms with Crippen molar-refractivity contribution < 1.29 is 34.4 Å². The molecule has 302 valence electrons. The molecule has 14 heteroatoms. The lowest BCUT2D eigenvalue weighted by atomic mass is 9.47. The number of aliphatic hydroxyl groups is 3. The quantitative estimate of drug-likeness (QED) is 0.0934. The highest BCUT2D eigenvalue weighted by Crippen LogP contribution is 2.67. The summed E-state index contributed by atoms with van der Waals surface area (Å²) in [7, 11) is 4.79. The smallest absolute Gasteiger partial charge is 0.322 e. The van der Waals surface area contributed by atoms with E-state index in [0.717, 1.165) is 27.7 Å². The molecule has 6 heterocycles. The van der Waals surface area contributed by atoms with Gasteiger partial charge < -0.3 is 34.7 Å². The van der Waals surface area contributed by atoms with Crippen LogP contribution in [0.1, 0.15) is 68.3 Å². The van der Waals surface area contributed by atoms with Crippen LogP contribution in [0.4, 0.5) is 5.69 Å². The predicted molar refractivity (Wildman–Crippen MR) is 213 cm³/mol. The van der Waals surface area contributed by atoms with Crippen molar-refractivity contribution >= 4 is 28.5 Å². The molecule has 4 N–H and O–H groups in total. The Labute approximate surface area is 332 Å². The van der Waals surface area contributed by atoms with Gasteiger partial charge in [-0.05, 0) is 84.9 Å².